The van der Waals surface area contributed by atoms with Crippen molar-refractivity contribution in [3.05, 3.63) is 24.0 Å². The van der Waals surface area contributed by atoms with Crippen LogP contribution in [0.25, 0.3) is 0 Å². The first-order valence-electron chi connectivity index (χ1n) is 7.13. The van der Waals surface area contributed by atoms with Crippen molar-refractivity contribution in [1.82, 2.24) is 0 Å². The predicted octanol–water partition coefficient (Wildman–Crippen LogP) is 3.55. The van der Waals surface area contributed by atoms with Crippen LogP contribution in [-0.4, -0.2) is 29.7 Å². The number of ether oxygens (including phenoxy) is 1. The summed E-state index contributed by atoms with van der Waals surface area (Å²) in [6, 6.07) is 4.42. The molecule has 1 aliphatic rings. The second-order valence-electron chi connectivity index (χ2n) is 5.21. The first kappa shape index (κ1) is 15.4. The Balaban J connectivity index is 2.02. The summed E-state index contributed by atoms with van der Waals surface area (Å²) in [5.74, 6) is 0.449. The lowest BCUT2D eigenvalue weighted by Crippen LogP contribution is -2.23. The van der Waals surface area contributed by atoms with E-state index in [0.29, 0.717) is 11.4 Å². The zero-order chi connectivity index (χ0) is 14.4. The van der Waals surface area contributed by atoms with Gasteiger partial charge >= 0.3 is 0 Å². The van der Waals surface area contributed by atoms with Gasteiger partial charge in [-0.25, -0.2) is 4.39 Å². The van der Waals surface area contributed by atoms with E-state index in [-0.39, 0.29) is 24.3 Å². The Hall–Kier alpha value is -1.00. The van der Waals surface area contributed by atoms with Crippen LogP contribution in [0.1, 0.15) is 32.1 Å². The third kappa shape index (κ3) is 4.53. The van der Waals surface area contributed by atoms with Crippen LogP contribution in [-0.2, 0) is 0 Å². The van der Waals surface area contributed by atoms with Gasteiger partial charge in [0, 0.05) is 12.6 Å². The molecule has 0 saturated heterocycles. The van der Waals surface area contributed by atoms with Crippen molar-refractivity contribution in [2.45, 2.75) is 44.3 Å². The molecule has 1 aromatic carbocycles. The number of alkyl halides is 1. The molecule has 1 atom stereocenters. The van der Waals surface area contributed by atoms with E-state index in [4.69, 9.17) is 16.3 Å². The van der Waals surface area contributed by atoms with Crippen LogP contribution in [0, 0.1) is 5.82 Å². The fourth-order valence-electron chi connectivity index (χ4n) is 2.39. The van der Waals surface area contributed by atoms with Crippen molar-refractivity contribution in [3.8, 4) is 5.75 Å². The number of anilines is 1. The molecule has 112 valence electrons. The molecule has 0 bridgehead atoms. The molecule has 1 unspecified atom stereocenters. The molecule has 20 heavy (non-hydrogen) atoms. The van der Waals surface area contributed by atoms with Crippen molar-refractivity contribution >= 4 is 17.3 Å². The van der Waals surface area contributed by atoms with Crippen LogP contribution in [0.2, 0.25) is 0 Å². The van der Waals surface area contributed by atoms with E-state index >= 15 is 0 Å². The lowest BCUT2D eigenvalue weighted by atomic mass is 9.98. The molecule has 5 heteroatoms. The van der Waals surface area contributed by atoms with Gasteiger partial charge in [0.25, 0.3) is 0 Å². The highest BCUT2D eigenvalue weighted by Crippen LogP contribution is 2.30. The summed E-state index contributed by atoms with van der Waals surface area (Å²) in [5.41, 5.74) is 0.569. The monoisotopic (exact) mass is 301 g/mol. The minimum atomic E-state index is -0.664. The maximum absolute atomic E-state index is 13.3. The van der Waals surface area contributed by atoms with Crippen molar-refractivity contribution in [3.63, 3.8) is 0 Å². The van der Waals surface area contributed by atoms with Crippen LogP contribution in [0.3, 0.4) is 0 Å². The van der Waals surface area contributed by atoms with E-state index in [1.165, 1.54) is 31.4 Å². The van der Waals surface area contributed by atoms with Crippen LogP contribution >= 0.6 is 11.6 Å². The highest BCUT2D eigenvalue weighted by molar-refractivity contribution is 6.18. The molecule has 0 heterocycles. The van der Waals surface area contributed by atoms with E-state index in [9.17, 15) is 9.50 Å². The maximum Gasteiger partial charge on any atom is 0.143 e. The number of benzene rings is 1. The van der Waals surface area contributed by atoms with Gasteiger partial charge in [-0.1, -0.05) is 6.42 Å². The molecule has 0 aliphatic heterocycles. The topological polar surface area (TPSA) is 41.5 Å². The van der Waals surface area contributed by atoms with E-state index < -0.39 is 6.10 Å². The Morgan fingerprint density at radius 3 is 2.80 bits per heavy atom. The Morgan fingerprint density at radius 2 is 2.10 bits per heavy atom. The van der Waals surface area contributed by atoms with Gasteiger partial charge in [0.15, 0.2) is 0 Å². The summed E-state index contributed by atoms with van der Waals surface area (Å²) < 4.78 is 19.3. The third-order valence-electron chi connectivity index (χ3n) is 3.49. The SMILES string of the molecule is OC(CCl)CNc1cc(F)ccc1OC1CCCCC1. The summed E-state index contributed by atoms with van der Waals surface area (Å²) in [7, 11) is 0. The molecule has 1 aliphatic carbocycles. The quantitative estimate of drug-likeness (QED) is 0.790. The lowest BCUT2D eigenvalue weighted by molar-refractivity contribution is 0.155. The fraction of sp³-hybridized carbons (Fsp3) is 0.600. The van der Waals surface area contributed by atoms with Gasteiger partial charge in [0.1, 0.15) is 11.6 Å². The van der Waals surface area contributed by atoms with E-state index in [1.54, 1.807) is 6.07 Å². The highest BCUT2D eigenvalue weighted by Gasteiger charge is 2.17. The number of rotatable bonds is 6. The predicted molar refractivity (Wildman–Crippen MR) is 79.1 cm³/mol. The molecule has 0 amide bonds. The molecule has 3 nitrogen and oxygen atoms in total. The molecule has 1 fully saturated rings. The Bertz CT molecular complexity index is 424. The second kappa shape index (κ2) is 7.70. The number of nitrogens with one attached hydrogen (secondary N) is 1. The van der Waals surface area contributed by atoms with Crippen LogP contribution < -0.4 is 10.1 Å². The standard InChI is InChI=1S/C15H21ClFNO2/c16-9-12(19)10-18-14-8-11(17)6-7-15(14)20-13-4-2-1-3-5-13/h6-8,12-13,18-19H,1-5,9-10H2. The Morgan fingerprint density at radius 1 is 1.35 bits per heavy atom. The van der Waals surface area contributed by atoms with Gasteiger partial charge in [0.2, 0.25) is 0 Å². The first-order valence-corrected chi connectivity index (χ1v) is 7.66. The molecular formula is C15H21ClFNO2. The molecule has 1 aromatic rings. The van der Waals surface area contributed by atoms with E-state index in [1.807, 2.05) is 0 Å². The summed E-state index contributed by atoms with van der Waals surface area (Å²) >= 11 is 5.55. The number of aliphatic hydroxyl groups excluding tert-OH is 1. The van der Waals surface area contributed by atoms with Gasteiger partial charge in [-0.2, -0.15) is 0 Å². The van der Waals surface area contributed by atoms with Gasteiger partial charge in [-0.15, -0.1) is 11.6 Å². The van der Waals surface area contributed by atoms with Gasteiger partial charge < -0.3 is 15.2 Å². The zero-order valence-electron chi connectivity index (χ0n) is 11.4. The normalized spacial score (nSPS) is 17.8. The summed E-state index contributed by atoms with van der Waals surface area (Å²) in [4.78, 5) is 0. The molecular weight excluding hydrogens is 281 g/mol. The lowest BCUT2D eigenvalue weighted by Gasteiger charge is -2.24. The summed E-state index contributed by atoms with van der Waals surface area (Å²) in [6.07, 6.45) is 5.24. The van der Waals surface area contributed by atoms with Gasteiger partial charge in [-0.3, -0.25) is 0 Å². The van der Waals surface area contributed by atoms with Crippen LogP contribution in [0.15, 0.2) is 18.2 Å². The van der Waals surface area contributed by atoms with Crippen LogP contribution in [0.4, 0.5) is 10.1 Å². The highest BCUT2D eigenvalue weighted by atomic mass is 35.5. The molecule has 0 radical (unpaired) electrons. The van der Waals surface area contributed by atoms with Crippen molar-refractivity contribution < 1.29 is 14.2 Å². The van der Waals surface area contributed by atoms with Crippen molar-refractivity contribution in [1.29, 1.82) is 0 Å². The number of aliphatic hydroxyl groups is 1. The molecule has 0 spiro atoms. The smallest absolute Gasteiger partial charge is 0.143 e. The van der Waals surface area contributed by atoms with Gasteiger partial charge in [-0.05, 0) is 37.8 Å². The van der Waals surface area contributed by atoms with Crippen LogP contribution in [0.5, 0.6) is 5.75 Å². The first-order chi connectivity index (χ1) is 9.69. The summed E-state index contributed by atoms with van der Waals surface area (Å²) in [6.45, 7) is 0.272. The van der Waals surface area contributed by atoms with Crippen molar-refractivity contribution in [2.24, 2.45) is 0 Å². The minimum Gasteiger partial charge on any atom is -0.488 e. The maximum atomic E-state index is 13.3. The largest absolute Gasteiger partial charge is 0.488 e. The Kier molecular flexibility index (Phi) is 5.92. The third-order valence-corrected chi connectivity index (χ3v) is 3.85. The second-order valence-corrected chi connectivity index (χ2v) is 5.52. The van der Waals surface area contributed by atoms with E-state index in [0.717, 1.165) is 12.8 Å². The van der Waals surface area contributed by atoms with Crippen molar-refractivity contribution in [2.75, 3.05) is 17.7 Å². The minimum absolute atomic E-state index is 0.140. The molecule has 2 rings (SSSR count). The fourth-order valence-corrected chi connectivity index (χ4v) is 2.50. The van der Waals surface area contributed by atoms with E-state index in [2.05, 4.69) is 5.32 Å². The number of hydrogen-bond donors (Lipinski definition) is 2. The molecule has 1 saturated carbocycles. The number of halogens is 2. The molecule has 2 N–H and O–H groups in total. The average molecular weight is 302 g/mol. The van der Waals surface area contributed by atoms with Gasteiger partial charge in [0.05, 0.1) is 23.8 Å². The number of hydrogen-bond acceptors (Lipinski definition) is 3. The molecule has 0 aromatic heterocycles. The summed E-state index contributed by atoms with van der Waals surface area (Å²) in [5, 5.41) is 12.5. The Labute approximate surface area is 124 Å². The zero-order valence-corrected chi connectivity index (χ0v) is 12.2. The average Bonchev–Trinajstić information content (AvgIpc) is 2.48.